The number of rotatable bonds is 5. The zero-order valence-corrected chi connectivity index (χ0v) is 11.4. The molecule has 18 heavy (non-hydrogen) atoms. The first-order chi connectivity index (χ1) is 8.40. The highest BCUT2D eigenvalue weighted by Gasteiger charge is 2.11. The van der Waals surface area contributed by atoms with Gasteiger partial charge in [0.05, 0.1) is 5.56 Å². The summed E-state index contributed by atoms with van der Waals surface area (Å²) in [6.07, 6.45) is 0. The molecule has 1 N–H and O–H groups in total. The van der Waals surface area contributed by atoms with E-state index < -0.39 is 0 Å². The van der Waals surface area contributed by atoms with Crippen LogP contribution in [0.5, 0.6) is 5.75 Å². The standard InChI is InChI=1S/C13H16ClNO3/c1-8(2)15-13(17)7-18-12-5-4-10(14)6-11(12)9(3)16/h4-6,8H,7H2,1-3H3,(H,15,17). The van der Waals surface area contributed by atoms with Gasteiger partial charge in [0.1, 0.15) is 5.75 Å². The molecule has 0 spiro atoms. The highest BCUT2D eigenvalue weighted by atomic mass is 35.5. The van der Waals surface area contributed by atoms with Gasteiger partial charge in [0, 0.05) is 11.1 Å². The number of nitrogens with one attached hydrogen (secondary N) is 1. The fraction of sp³-hybridized carbons (Fsp3) is 0.385. The minimum absolute atomic E-state index is 0.0543. The highest BCUT2D eigenvalue weighted by Crippen LogP contribution is 2.23. The monoisotopic (exact) mass is 269 g/mol. The van der Waals surface area contributed by atoms with Crippen LogP contribution in [0.2, 0.25) is 5.02 Å². The maximum Gasteiger partial charge on any atom is 0.258 e. The van der Waals surface area contributed by atoms with Gasteiger partial charge in [0.2, 0.25) is 0 Å². The van der Waals surface area contributed by atoms with Crippen molar-refractivity contribution < 1.29 is 14.3 Å². The Labute approximate surface area is 111 Å². The number of benzene rings is 1. The summed E-state index contributed by atoms with van der Waals surface area (Å²) < 4.78 is 5.32. The molecule has 0 radical (unpaired) electrons. The molecule has 0 aliphatic carbocycles. The van der Waals surface area contributed by atoms with E-state index in [9.17, 15) is 9.59 Å². The van der Waals surface area contributed by atoms with Gasteiger partial charge in [0.15, 0.2) is 12.4 Å². The van der Waals surface area contributed by atoms with Crippen molar-refractivity contribution in [3.8, 4) is 5.75 Å². The van der Waals surface area contributed by atoms with Crippen LogP contribution >= 0.6 is 11.6 Å². The normalized spacial score (nSPS) is 10.3. The van der Waals surface area contributed by atoms with Crippen molar-refractivity contribution in [2.75, 3.05) is 6.61 Å². The van der Waals surface area contributed by atoms with E-state index in [1.165, 1.54) is 13.0 Å². The van der Waals surface area contributed by atoms with E-state index >= 15 is 0 Å². The van der Waals surface area contributed by atoms with Gasteiger partial charge >= 0.3 is 0 Å². The van der Waals surface area contributed by atoms with Gasteiger partial charge in [-0.1, -0.05) is 11.6 Å². The molecule has 0 aliphatic heterocycles. The van der Waals surface area contributed by atoms with Crippen LogP contribution in [0.1, 0.15) is 31.1 Å². The number of carbonyl (C=O) groups excluding carboxylic acids is 2. The number of ether oxygens (including phenoxy) is 1. The fourth-order valence-corrected chi connectivity index (χ4v) is 1.58. The second-order valence-electron chi connectivity index (χ2n) is 4.21. The van der Waals surface area contributed by atoms with Crippen LogP contribution in [0.4, 0.5) is 0 Å². The molecule has 0 saturated carbocycles. The van der Waals surface area contributed by atoms with Crippen molar-refractivity contribution in [3.05, 3.63) is 28.8 Å². The predicted molar refractivity (Wildman–Crippen MR) is 70.2 cm³/mol. The van der Waals surface area contributed by atoms with Crippen LogP contribution in [0.3, 0.4) is 0 Å². The summed E-state index contributed by atoms with van der Waals surface area (Å²) in [5, 5.41) is 3.16. The highest BCUT2D eigenvalue weighted by molar-refractivity contribution is 6.31. The van der Waals surface area contributed by atoms with Crippen molar-refractivity contribution in [2.45, 2.75) is 26.8 Å². The number of amides is 1. The second kappa shape index (κ2) is 6.40. The van der Waals surface area contributed by atoms with E-state index in [4.69, 9.17) is 16.3 Å². The quantitative estimate of drug-likeness (QED) is 0.836. The number of Topliss-reactive ketones (excluding diaryl/α,β-unsaturated/α-hetero) is 1. The minimum atomic E-state index is -0.227. The van der Waals surface area contributed by atoms with Gasteiger partial charge in [-0.3, -0.25) is 9.59 Å². The largest absolute Gasteiger partial charge is 0.483 e. The van der Waals surface area contributed by atoms with Crippen LogP contribution in [-0.4, -0.2) is 24.3 Å². The Morgan fingerprint density at radius 3 is 2.61 bits per heavy atom. The lowest BCUT2D eigenvalue weighted by Gasteiger charge is -2.11. The maximum atomic E-state index is 11.4. The second-order valence-corrected chi connectivity index (χ2v) is 4.64. The molecule has 1 rings (SSSR count). The molecule has 1 amide bonds. The van der Waals surface area contributed by atoms with Gasteiger partial charge < -0.3 is 10.1 Å². The predicted octanol–water partition coefficient (Wildman–Crippen LogP) is 2.45. The molecule has 0 unspecified atom stereocenters. The molecule has 0 fully saturated rings. The summed E-state index contributed by atoms with van der Waals surface area (Å²) in [4.78, 5) is 22.8. The zero-order chi connectivity index (χ0) is 13.7. The molecule has 4 nitrogen and oxygen atoms in total. The summed E-state index contributed by atoms with van der Waals surface area (Å²) in [5.74, 6) is -0.0166. The van der Waals surface area contributed by atoms with Crippen LogP contribution in [-0.2, 0) is 4.79 Å². The van der Waals surface area contributed by atoms with Crippen molar-refractivity contribution in [2.24, 2.45) is 0 Å². The Hall–Kier alpha value is -1.55. The average Bonchev–Trinajstić information content (AvgIpc) is 2.26. The van der Waals surface area contributed by atoms with Crippen molar-refractivity contribution in [1.82, 2.24) is 5.32 Å². The number of carbonyl (C=O) groups is 2. The Morgan fingerprint density at radius 1 is 1.39 bits per heavy atom. The van der Waals surface area contributed by atoms with Gasteiger partial charge in [-0.2, -0.15) is 0 Å². The van der Waals surface area contributed by atoms with E-state index in [1.807, 2.05) is 13.8 Å². The van der Waals surface area contributed by atoms with Crippen LogP contribution in [0.25, 0.3) is 0 Å². The SMILES string of the molecule is CC(=O)c1cc(Cl)ccc1OCC(=O)NC(C)C. The van der Waals surface area contributed by atoms with E-state index in [2.05, 4.69) is 5.32 Å². The lowest BCUT2D eigenvalue weighted by Crippen LogP contribution is -2.34. The average molecular weight is 270 g/mol. The first-order valence-electron chi connectivity index (χ1n) is 5.62. The Bertz CT molecular complexity index is 458. The van der Waals surface area contributed by atoms with Gasteiger partial charge in [0.25, 0.3) is 5.91 Å². The molecule has 0 atom stereocenters. The number of halogens is 1. The van der Waals surface area contributed by atoms with Crippen LogP contribution in [0.15, 0.2) is 18.2 Å². The summed E-state index contributed by atoms with van der Waals surface area (Å²) in [7, 11) is 0. The van der Waals surface area contributed by atoms with E-state index in [1.54, 1.807) is 12.1 Å². The van der Waals surface area contributed by atoms with Gasteiger partial charge in [-0.15, -0.1) is 0 Å². The molecule has 0 bridgehead atoms. The molecule has 0 saturated heterocycles. The van der Waals surface area contributed by atoms with E-state index in [0.29, 0.717) is 16.3 Å². The Morgan fingerprint density at radius 2 is 2.06 bits per heavy atom. The first kappa shape index (κ1) is 14.5. The van der Waals surface area contributed by atoms with Crippen molar-refractivity contribution >= 4 is 23.3 Å². The van der Waals surface area contributed by atoms with Crippen molar-refractivity contribution in [3.63, 3.8) is 0 Å². The molecule has 5 heteroatoms. The molecule has 1 aromatic carbocycles. The topological polar surface area (TPSA) is 55.4 Å². The van der Waals surface area contributed by atoms with Crippen molar-refractivity contribution in [1.29, 1.82) is 0 Å². The summed E-state index contributed by atoms with van der Waals surface area (Å²) in [6, 6.07) is 4.78. The third kappa shape index (κ3) is 4.37. The molecular formula is C13H16ClNO3. The molecule has 0 aromatic heterocycles. The lowest BCUT2D eigenvalue weighted by molar-refractivity contribution is -0.123. The first-order valence-corrected chi connectivity index (χ1v) is 6.00. The third-order valence-electron chi connectivity index (χ3n) is 2.13. The van der Waals surface area contributed by atoms with Crippen LogP contribution < -0.4 is 10.1 Å². The van der Waals surface area contributed by atoms with Gasteiger partial charge in [-0.25, -0.2) is 0 Å². The molecule has 1 aromatic rings. The molecule has 0 aliphatic rings. The zero-order valence-electron chi connectivity index (χ0n) is 10.6. The Kier molecular flexibility index (Phi) is 5.16. The Balaban J connectivity index is 2.73. The number of hydrogen-bond donors (Lipinski definition) is 1. The maximum absolute atomic E-state index is 11.4. The third-order valence-corrected chi connectivity index (χ3v) is 2.36. The van der Waals surface area contributed by atoms with E-state index in [-0.39, 0.29) is 24.3 Å². The van der Waals surface area contributed by atoms with Gasteiger partial charge in [-0.05, 0) is 39.0 Å². The molecule has 0 heterocycles. The lowest BCUT2D eigenvalue weighted by atomic mass is 10.1. The fourth-order valence-electron chi connectivity index (χ4n) is 1.41. The molecule has 98 valence electrons. The summed E-state index contributed by atoms with van der Waals surface area (Å²) >= 11 is 5.81. The number of ketones is 1. The number of hydrogen-bond acceptors (Lipinski definition) is 3. The van der Waals surface area contributed by atoms with Crippen LogP contribution in [0, 0.1) is 0 Å². The smallest absolute Gasteiger partial charge is 0.258 e. The summed E-state index contributed by atoms with van der Waals surface area (Å²) in [5.41, 5.74) is 0.375. The van der Waals surface area contributed by atoms with E-state index in [0.717, 1.165) is 0 Å². The molecular weight excluding hydrogens is 254 g/mol. The minimum Gasteiger partial charge on any atom is -0.483 e. The summed E-state index contributed by atoms with van der Waals surface area (Å²) in [6.45, 7) is 5.02.